The van der Waals surface area contributed by atoms with E-state index in [0.29, 0.717) is 6.61 Å². The van der Waals surface area contributed by atoms with Crippen molar-refractivity contribution in [3.8, 4) is 0 Å². The maximum atomic E-state index is 9.35. The van der Waals surface area contributed by atoms with E-state index in [1.54, 1.807) is 0 Å². The standard InChI is InChI=1S/C13H18O/c1-10-3-4-11-5-6-13(2,9-14)8-12(11)7-10/h3-4,7,14H,5-6,8-9H2,1-2H3. The van der Waals surface area contributed by atoms with Crippen LogP contribution >= 0.6 is 0 Å². The van der Waals surface area contributed by atoms with E-state index in [1.807, 2.05) is 0 Å². The first-order valence-corrected chi connectivity index (χ1v) is 5.32. The van der Waals surface area contributed by atoms with E-state index in [2.05, 4.69) is 32.0 Å². The molecule has 1 atom stereocenters. The van der Waals surface area contributed by atoms with Gasteiger partial charge in [0, 0.05) is 6.61 Å². The first-order valence-electron chi connectivity index (χ1n) is 5.32. The summed E-state index contributed by atoms with van der Waals surface area (Å²) in [6.07, 6.45) is 3.26. The Kier molecular flexibility index (Phi) is 2.36. The van der Waals surface area contributed by atoms with Crippen LogP contribution in [0.1, 0.15) is 30.0 Å². The van der Waals surface area contributed by atoms with Gasteiger partial charge in [-0.25, -0.2) is 0 Å². The lowest BCUT2D eigenvalue weighted by molar-refractivity contribution is 0.127. The third-order valence-corrected chi connectivity index (χ3v) is 3.36. The molecule has 1 aliphatic rings. The fraction of sp³-hybridized carbons (Fsp3) is 0.538. The molecule has 76 valence electrons. The summed E-state index contributed by atoms with van der Waals surface area (Å²) in [5.41, 5.74) is 4.35. The number of hydrogen-bond acceptors (Lipinski definition) is 1. The van der Waals surface area contributed by atoms with Crippen LogP contribution in [0.3, 0.4) is 0 Å². The van der Waals surface area contributed by atoms with Crippen LogP contribution in [0.4, 0.5) is 0 Å². The zero-order valence-corrected chi connectivity index (χ0v) is 9.01. The van der Waals surface area contributed by atoms with Crippen molar-refractivity contribution in [1.82, 2.24) is 0 Å². The van der Waals surface area contributed by atoms with E-state index >= 15 is 0 Å². The van der Waals surface area contributed by atoms with Gasteiger partial charge in [0.05, 0.1) is 0 Å². The molecule has 1 N–H and O–H groups in total. The maximum absolute atomic E-state index is 9.35. The molecule has 0 fully saturated rings. The summed E-state index contributed by atoms with van der Waals surface area (Å²) in [4.78, 5) is 0. The minimum Gasteiger partial charge on any atom is -0.396 e. The van der Waals surface area contributed by atoms with Crippen LogP contribution in [0.2, 0.25) is 0 Å². The molecule has 0 radical (unpaired) electrons. The van der Waals surface area contributed by atoms with Gasteiger partial charge in [-0.05, 0) is 42.7 Å². The van der Waals surface area contributed by atoms with Crippen molar-refractivity contribution in [2.75, 3.05) is 6.61 Å². The van der Waals surface area contributed by atoms with Gasteiger partial charge < -0.3 is 5.11 Å². The molecule has 0 saturated carbocycles. The van der Waals surface area contributed by atoms with E-state index in [0.717, 1.165) is 19.3 Å². The molecule has 2 rings (SSSR count). The van der Waals surface area contributed by atoms with Crippen LogP contribution < -0.4 is 0 Å². The predicted molar refractivity (Wildman–Crippen MR) is 58.4 cm³/mol. The van der Waals surface area contributed by atoms with E-state index in [4.69, 9.17) is 0 Å². The average molecular weight is 190 g/mol. The third-order valence-electron chi connectivity index (χ3n) is 3.36. The molecule has 0 spiro atoms. The second-order valence-corrected chi connectivity index (χ2v) is 4.92. The van der Waals surface area contributed by atoms with Gasteiger partial charge in [-0.2, -0.15) is 0 Å². The normalized spacial score (nSPS) is 25.9. The van der Waals surface area contributed by atoms with Gasteiger partial charge in [0.15, 0.2) is 0 Å². The fourth-order valence-electron chi connectivity index (χ4n) is 2.28. The lowest BCUT2D eigenvalue weighted by Crippen LogP contribution is -2.29. The first kappa shape index (κ1) is 9.72. The Bertz CT molecular complexity index is 343. The van der Waals surface area contributed by atoms with E-state index in [1.165, 1.54) is 16.7 Å². The van der Waals surface area contributed by atoms with Crippen molar-refractivity contribution in [3.63, 3.8) is 0 Å². The largest absolute Gasteiger partial charge is 0.396 e. The van der Waals surface area contributed by atoms with Crippen LogP contribution in [-0.2, 0) is 12.8 Å². The summed E-state index contributed by atoms with van der Waals surface area (Å²) >= 11 is 0. The van der Waals surface area contributed by atoms with Gasteiger partial charge in [-0.1, -0.05) is 30.7 Å². The van der Waals surface area contributed by atoms with Gasteiger partial charge in [-0.15, -0.1) is 0 Å². The highest BCUT2D eigenvalue weighted by molar-refractivity contribution is 5.34. The summed E-state index contributed by atoms with van der Waals surface area (Å²) in [7, 11) is 0. The molecule has 0 heterocycles. The van der Waals surface area contributed by atoms with Crippen molar-refractivity contribution in [2.24, 2.45) is 5.41 Å². The van der Waals surface area contributed by atoms with E-state index in [-0.39, 0.29) is 5.41 Å². The molecular weight excluding hydrogens is 172 g/mol. The Balaban J connectivity index is 2.33. The van der Waals surface area contributed by atoms with Crippen LogP contribution in [0, 0.1) is 12.3 Å². The summed E-state index contributed by atoms with van der Waals surface area (Å²) in [5, 5.41) is 9.35. The van der Waals surface area contributed by atoms with Crippen LogP contribution in [0.25, 0.3) is 0 Å². The van der Waals surface area contributed by atoms with Gasteiger partial charge in [0.2, 0.25) is 0 Å². The van der Waals surface area contributed by atoms with Crippen molar-refractivity contribution < 1.29 is 5.11 Å². The number of aliphatic hydroxyl groups excluding tert-OH is 1. The molecule has 1 aromatic rings. The van der Waals surface area contributed by atoms with E-state index < -0.39 is 0 Å². The molecule has 0 aliphatic heterocycles. The topological polar surface area (TPSA) is 20.2 Å². The number of aliphatic hydroxyl groups is 1. The number of hydrogen-bond donors (Lipinski definition) is 1. The lowest BCUT2D eigenvalue weighted by Gasteiger charge is -2.33. The third kappa shape index (κ3) is 1.69. The molecule has 1 aliphatic carbocycles. The SMILES string of the molecule is Cc1ccc2c(c1)CC(C)(CO)CC2. The molecule has 1 heteroatoms. The first-order chi connectivity index (χ1) is 6.63. The molecular formula is C13H18O. The van der Waals surface area contributed by atoms with Crippen molar-refractivity contribution in [3.05, 3.63) is 34.9 Å². The minimum absolute atomic E-state index is 0.112. The summed E-state index contributed by atoms with van der Waals surface area (Å²) in [6.45, 7) is 4.61. The highest BCUT2D eigenvalue weighted by Crippen LogP contribution is 2.34. The predicted octanol–water partition coefficient (Wildman–Crippen LogP) is 2.48. The number of rotatable bonds is 1. The Morgan fingerprint density at radius 2 is 2.14 bits per heavy atom. The summed E-state index contributed by atoms with van der Waals surface area (Å²) < 4.78 is 0. The Labute approximate surface area is 85.8 Å². The molecule has 0 aromatic heterocycles. The number of fused-ring (bicyclic) bond motifs is 1. The van der Waals surface area contributed by atoms with Gasteiger partial charge in [0.25, 0.3) is 0 Å². The molecule has 14 heavy (non-hydrogen) atoms. The van der Waals surface area contributed by atoms with Crippen molar-refractivity contribution in [1.29, 1.82) is 0 Å². The quantitative estimate of drug-likeness (QED) is 0.721. The van der Waals surface area contributed by atoms with Gasteiger partial charge >= 0.3 is 0 Å². The molecule has 1 unspecified atom stereocenters. The molecule has 1 nitrogen and oxygen atoms in total. The van der Waals surface area contributed by atoms with Gasteiger partial charge in [0.1, 0.15) is 0 Å². The molecule has 0 bridgehead atoms. The van der Waals surface area contributed by atoms with Crippen molar-refractivity contribution >= 4 is 0 Å². The minimum atomic E-state index is 0.112. The molecule has 0 saturated heterocycles. The van der Waals surface area contributed by atoms with Gasteiger partial charge in [-0.3, -0.25) is 0 Å². The second kappa shape index (κ2) is 3.39. The molecule has 0 amide bonds. The summed E-state index contributed by atoms with van der Waals surface area (Å²) in [6, 6.07) is 6.68. The highest BCUT2D eigenvalue weighted by atomic mass is 16.3. The average Bonchev–Trinajstić information content (AvgIpc) is 2.17. The van der Waals surface area contributed by atoms with Crippen LogP contribution in [-0.4, -0.2) is 11.7 Å². The fourth-order valence-corrected chi connectivity index (χ4v) is 2.28. The zero-order valence-electron chi connectivity index (χ0n) is 9.01. The monoisotopic (exact) mass is 190 g/mol. The Hall–Kier alpha value is -0.820. The van der Waals surface area contributed by atoms with Crippen molar-refractivity contribution in [2.45, 2.75) is 33.1 Å². The Morgan fingerprint density at radius 3 is 2.86 bits per heavy atom. The lowest BCUT2D eigenvalue weighted by atomic mass is 9.73. The number of benzene rings is 1. The van der Waals surface area contributed by atoms with Crippen LogP contribution in [0.5, 0.6) is 0 Å². The second-order valence-electron chi connectivity index (χ2n) is 4.92. The van der Waals surface area contributed by atoms with Crippen LogP contribution in [0.15, 0.2) is 18.2 Å². The molecule has 1 aromatic carbocycles. The number of aryl methyl sites for hydroxylation is 2. The Morgan fingerprint density at radius 1 is 1.36 bits per heavy atom. The summed E-state index contributed by atoms with van der Waals surface area (Å²) in [5.74, 6) is 0. The zero-order chi connectivity index (χ0) is 10.2. The highest BCUT2D eigenvalue weighted by Gasteiger charge is 2.28. The smallest absolute Gasteiger partial charge is 0.0488 e. The van der Waals surface area contributed by atoms with E-state index in [9.17, 15) is 5.11 Å². The maximum Gasteiger partial charge on any atom is 0.0488 e.